The van der Waals surface area contributed by atoms with Gasteiger partial charge in [0.1, 0.15) is 0 Å². The number of hydrogen-bond acceptors (Lipinski definition) is 2. The average Bonchev–Trinajstić information content (AvgIpc) is 2.40. The molecule has 0 radical (unpaired) electrons. The number of amides is 1. The lowest BCUT2D eigenvalue weighted by molar-refractivity contribution is -0.112. The summed E-state index contributed by atoms with van der Waals surface area (Å²) in [7, 11) is 0. The van der Waals surface area contributed by atoms with Crippen molar-refractivity contribution in [2.24, 2.45) is 0 Å². The molecule has 3 atom stereocenters. The summed E-state index contributed by atoms with van der Waals surface area (Å²) >= 11 is 0. The lowest BCUT2D eigenvalue weighted by Crippen LogP contribution is -2.42. The average molecular weight is 155 g/mol. The van der Waals surface area contributed by atoms with E-state index in [1.165, 1.54) is 6.42 Å². The molecule has 62 valence electrons. The first-order chi connectivity index (χ1) is 5.40. The van der Waals surface area contributed by atoms with Gasteiger partial charge in [-0.1, -0.05) is 0 Å². The van der Waals surface area contributed by atoms with Crippen LogP contribution in [0.1, 0.15) is 25.7 Å². The van der Waals surface area contributed by atoms with E-state index in [0.717, 1.165) is 25.7 Å². The van der Waals surface area contributed by atoms with Crippen LogP contribution in [0, 0.1) is 0 Å². The number of nitrogens with one attached hydrogen (secondary N) is 1. The Hall–Kier alpha value is -0.570. The molecule has 0 aliphatic carbocycles. The highest BCUT2D eigenvalue weighted by Crippen LogP contribution is 2.32. The number of hydrogen-bond donors (Lipinski definition) is 1. The molecule has 2 heterocycles. The van der Waals surface area contributed by atoms with Crippen LogP contribution in [0.4, 0.5) is 0 Å². The fourth-order valence-electron chi connectivity index (χ4n) is 2.07. The van der Waals surface area contributed by atoms with Crippen molar-refractivity contribution in [3.8, 4) is 0 Å². The third kappa shape index (κ3) is 1.25. The van der Waals surface area contributed by atoms with E-state index >= 15 is 0 Å². The van der Waals surface area contributed by atoms with Crippen molar-refractivity contribution >= 4 is 6.41 Å². The summed E-state index contributed by atoms with van der Waals surface area (Å²) in [4.78, 5) is 10.2. The Labute approximate surface area is 66.1 Å². The number of fused-ring (bicyclic) bond motifs is 2. The van der Waals surface area contributed by atoms with Crippen molar-refractivity contribution in [3.63, 3.8) is 0 Å². The summed E-state index contributed by atoms with van der Waals surface area (Å²) in [5.74, 6) is 0. The van der Waals surface area contributed by atoms with Gasteiger partial charge >= 0.3 is 0 Å². The van der Waals surface area contributed by atoms with Gasteiger partial charge in [0, 0.05) is 0 Å². The highest BCUT2D eigenvalue weighted by molar-refractivity contribution is 5.46. The molecular formula is C8H13NO2. The van der Waals surface area contributed by atoms with Crippen molar-refractivity contribution < 1.29 is 9.53 Å². The van der Waals surface area contributed by atoms with Crippen LogP contribution in [-0.2, 0) is 9.53 Å². The van der Waals surface area contributed by atoms with Crippen LogP contribution >= 0.6 is 0 Å². The minimum atomic E-state index is 0.284. The molecule has 1 N–H and O–H groups in total. The zero-order valence-corrected chi connectivity index (χ0v) is 6.45. The predicted molar refractivity (Wildman–Crippen MR) is 40.1 cm³/mol. The normalized spacial score (nSPS) is 42.0. The van der Waals surface area contributed by atoms with Crippen molar-refractivity contribution in [2.45, 2.75) is 43.9 Å². The molecule has 0 aromatic heterocycles. The monoisotopic (exact) mass is 155 g/mol. The summed E-state index contributed by atoms with van der Waals surface area (Å²) in [6.45, 7) is 0. The molecule has 3 unspecified atom stereocenters. The van der Waals surface area contributed by atoms with Crippen molar-refractivity contribution in [2.75, 3.05) is 0 Å². The van der Waals surface area contributed by atoms with Gasteiger partial charge in [0.2, 0.25) is 6.41 Å². The lowest BCUT2D eigenvalue weighted by atomic mass is 10.0. The number of ether oxygens (including phenoxy) is 1. The zero-order chi connectivity index (χ0) is 7.68. The molecule has 2 saturated heterocycles. The Morgan fingerprint density at radius 2 is 2.09 bits per heavy atom. The smallest absolute Gasteiger partial charge is 0.207 e. The summed E-state index contributed by atoms with van der Waals surface area (Å²) in [6.07, 6.45) is 6.09. The molecule has 2 aliphatic heterocycles. The maximum Gasteiger partial charge on any atom is 0.207 e. The van der Waals surface area contributed by atoms with Crippen LogP contribution in [0.5, 0.6) is 0 Å². The second kappa shape index (κ2) is 2.81. The molecule has 2 fully saturated rings. The van der Waals surface area contributed by atoms with Gasteiger partial charge in [-0.3, -0.25) is 4.79 Å². The molecule has 0 saturated carbocycles. The topological polar surface area (TPSA) is 38.3 Å². The minimum absolute atomic E-state index is 0.284. The molecule has 3 nitrogen and oxygen atoms in total. The van der Waals surface area contributed by atoms with Gasteiger partial charge in [-0.25, -0.2) is 0 Å². The van der Waals surface area contributed by atoms with E-state index in [4.69, 9.17) is 4.74 Å². The first-order valence-corrected chi connectivity index (χ1v) is 4.25. The van der Waals surface area contributed by atoms with E-state index in [1.807, 2.05) is 0 Å². The molecule has 2 rings (SSSR count). The van der Waals surface area contributed by atoms with E-state index in [1.54, 1.807) is 0 Å². The fourth-order valence-corrected chi connectivity index (χ4v) is 2.07. The second-order valence-corrected chi connectivity index (χ2v) is 3.34. The van der Waals surface area contributed by atoms with Gasteiger partial charge in [-0.15, -0.1) is 0 Å². The molecule has 0 spiro atoms. The quantitative estimate of drug-likeness (QED) is 0.588. The Balaban J connectivity index is 1.95. The summed E-state index contributed by atoms with van der Waals surface area (Å²) in [5, 5.41) is 2.81. The van der Waals surface area contributed by atoms with Gasteiger partial charge in [0.15, 0.2) is 0 Å². The molecule has 0 aromatic carbocycles. The zero-order valence-electron chi connectivity index (χ0n) is 6.45. The van der Waals surface area contributed by atoms with Crippen molar-refractivity contribution in [3.05, 3.63) is 0 Å². The summed E-state index contributed by atoms with van der Waals surface area (Å²) in [6, 6.07) is 0.284. The molecule has 0 aromatic rings. The Morgan fingerprint density at radius 1 is 1.27 bits per heavy atom. The minimum Gasteiger partial charge on any atom is -0.373 e. The van der Waals surface area contributed by atoms with Crippen molar-refractivity contribution in [1.82, 2.24) is 5.32 Å². The van der Waals surface area contributed by atoms with Crippen LogP contribution in [0.25, 0.3) is 0 Å². The van der Waals surface area contributed by atoms with Gasteiger partial charge in [0.05, 0.1) is 18.2 Å². The fraction of sp³-hybridized carbons (Fsp3) is 0.875. The largest absolute Gasteiger partial charge is 0.373 e. The van der Waals surface area contributed by atoms with E-state index in [9.17, 15) is 4.79 Å². The third-order valence-electron chi connectivity index (χ3n) is 2.67. The van der Waals surface area contributed by atoms with E-state index < -0.39 is 0 Å². The first kappa shape index (κ1) is 7.10. The van der Waals surface area contributed by atoms with Crippen LogP contribution in [0.15, 0.2) is 0 Å². The van der Waals surface area contributed by atoms with Gasteiger partial charge in [0.25, 0.3) is 0 Å². The summed E-state index contributed by atoms with van der Waals surface area (Å²) in [5.41, 5.74) is 0. The first-order valence-electron chi connectivity index (χ1n) is 4.25. The maximum absolute atomic E-state index is 10.2. The Kier molecular flexibility index (Phi) is 1.82. The van der Waals surface area contributed by atoms with E-state index in [0.29, 0.717) is 12.2 Å². The molecule has 3 heteroatoms. The Morgan fingerprint density at radius 3 is 2.91 bits per heavy atom. The molecule has 1 amide bonds. The maximum atomic E-state index is 10.2. The van der Waals surface area contributed by atoms with Crippen LogP contribution in [-0.4, -0.2) is 24.7 Å². The predicted octanol–water partition coefficient (Wildman–Crippen LogP) is 0.442. The Bertz CT molecular complexity index is 160. The van der Waals surface area contributed by atoms with E-state index in [-0.39, 0.29) is 6.04 Å². The highest BCUT2D eigenvalue weighted by atomic mass is 16.5. The number of carbonyl (C=O) groups is 1. The third-order valence-corrected chi connectivity index (χ3v) is 2.67. The standard InChI is InChI=1S/C8H13NO2/c10-5-9-7-3-1-6-2-4-8(7)11-6/h5-8H,1-4H2,(H,9,10). The van der Waals surface area contributed by atoms with Gasteiger partial charge in [-0.05, 0) is 25.7 Å². The molecule has 11 heavy (non-hydrogen) atoms. The van der Waals surface area contributed by atoms with Crippen LogP contribution in [0.2, 0.25) is 0 Å². The summed E-state index contributed by atoms with van der Waals surface area (Å²) < 4.78 is 5.64. The van der Waals surface area contributed by atoms with Crippen LogP contribution in [0.3, 0.4) is 0 Å². The molecular weight excluding hydrogens is 142 g/mol. The van der Waals surface area contributed by atoms with Gasteiger partial charge in [-0.2, -0.15) is 0 Å². The lowest BCUT2D eigenvalue weighted by Gasteiger charge is -2.28. The molecule has 2 aliphatic rings. The molecule has 2 bridgehead atoms. The second-order valence-electron chi connectivity index (χ2n) is 3.34. The highest BCUT2D eigenvalue weighted by Gasteiger charge is 2.36. The van der Waals surface area contributed by atoms with Gasteiger partial charge < -0.3 is 10.1 Å². The van der Waals surface area contributed by atoms with Crippen molar-refractivity contribution in [1.29, 1.82) is 0 Å². The van der Waals surface area contributed by atoms with Crippen LogP contribution < -0.4 is 5.32 Å². The van der Waals surface area contributed by atoms with E-state index in [2.05, 4.69) is 5.32 Å². The number of rotatable bonds is 2. The SMILES string of the molecule is O=CNC1CCC2CCC1O2. The number of carbonyl (C=O) groups excluding carboxylic acids is 1.